The van der Waals surface area contributed by atoms with Gasteiger partial charge in [-0.2, -0.15) is 0 Å². The topological polar surface area (TPSA) is 36.3 Å². The molecule has 0 aliphatic rings. The molecule has 0 saturated heterocycles. The lowest BCUT2D eigenvalue weighted by Crippen LogP contribution is -2.11. The molecule has 4 nitrogen and oxygen atoms in total. The molecule has 0 aliphatic carbocycles. The second-order valence-corrected chi connectivity index (χ2v) is 6.05. The van der Waals surface area contributed by atoms with Gasteiger partial charge in [-0.3, -0.25) is 0 Å². The van der Waals surface area contributed by atoms with Crippen molar-refractivity contribution in [2.24, 2.45) is 0 Å². The van der Waals surface area contributed by atoms with Gasteiger partial charge in [0.15, 0.2) is 0 Å². The maximum Gasteiger partial charge on any atom is 0.148 e. The third-order valence-corrected chi connectivity index (χ3v) is 4.08. The molecule has 1 heterocycles. The van der Waals surface area contributed by atoms with Crippen LogP contribution in [0.1, 0.15) is 18.3 Å². The normalized spacial score (nSPS) is 11.1. The van der Waals surface area contributed by atoms with E-state index < -0.39 is 0 Å². The Balaban J connectivity index is 1.84. The van der Waals surface area contributed by atoms with E-state index >= 15 is 0 Å². The number of halogens is 1. The van der Waals surface area contributed by atoms with Gasteiger partial charge in [-0.1, -0.05) is 29.3 Å². The zero-order valence-electron chi connectivity index (χ0n) is 14.0. The predicted octanol–water partition coefficient (Wildman–Crippen LogP) is 4.61. The molecule has 0 aliphatic heterocycles. The van der Waals surface area contributed by atoms with Gasteiger partial charge in [-0.05, 0) is 44.2 Å². The van der Waals surface area contributed by atoms with E-state index in [2.05, 4.69) is 16.5 Å². The Hall–Kier alpha value is -2.04. The van der Waals surface area contributed by atoms with Crippen LogP contribution in [0.15, 0.2) is 42.5 Å². The highest BCUT2D eigenvalue weighted by atomic mass is 35.5. The van der Waals surface area contributed by atoms with Gasteiger partial charge in [0.1, 0.15) is 18.2 Å². The highest BCUT2D eigenvalue weighted by molar-refractivity contribution is 6.31. The van der Waals surface area contributed by atoms with E-state index in [0.29, 0.717) is 24.8 Å². The summed E-state index contributed by atoms with van der Waals surface area (Å²) in [5, 5.41) is 0.683. The molecule has 0 N–H and O–H groups in total. The molecule has 0 unspecified atom stereocenters. The first kappa shape index (κ1) is 16.8. The first-order valence-electron chi connectivity index (χ1n) is 8.09. The maximum absolute atomic E-state index is 6.09. The zero-order valence-corrected chi connectivity index (χ0v) is 14.7. The Bertz CT molecular complexity index is 812. The average Bonchev–Trinajstić information content (AvgIpc) is 2.91. The Morgan fingerprint density at radius 1 is 1.12 bits per heavy atom. The highest BCUT2D eigenvalue weighted by Crippen LogP contribution is 2.22. The second-order valence-electron chi connectivity index (χ2n) is 5.61. The number of fused-ring (bicyclic) bond motifs is 1. The van der Waals surface area contributed by atoms with Crippen molar-refractivity contribution in [3.8, 4) is 5.75 Å². The summed E-state index contributed by atoms with van der Waals surface area (Å²) < 4.78 is 13.5. The SMILES string of the molecule is CCOCCn1c(COc2ccc(C)cc2)nc2cc(Cl)ccc21. The summed E-state index contributed by atoms with van der Waals surface area (Å²) in [6, 6.07) is 13.8. The quantitative estimate of drug-likeness (QED) is 0.587. The van der Waals surface area contributed by atoms with E-state index in [1.54, 1.807) is 0 Å². The van der Waals surface area contributed by atoms with Crippen LogP contribution in [-0.2, 0) is 17.9 Å². The fourth-order valence-corrected chi connectivity index (χ4v) is 2.76. The third kappa shape index (κ3) is 3.89. The second kappa shape index (κ2) is 7.69. The van der Waals surface area contributed by atoms with E-state index in [4.69, 9.17) is 21.1 Å². The molecule has 3 rings (SSSR count). The van der Waals surface area contributed by atoms with Crippen LogP contribution in [0.25, 0.3) is 11.0 Å². The van der Waals surface area contributed by atoms with Gasteiger partial charge in [0.05, 0.1) is 17.6 Å². The lowest BCUT2D eigenvalue weighted by molar-refractivity contribution is 0.138. The maximum atomic E-state index is 6.09. The van der Waals surface area contributed by atoms with Gasteiger partial charge in [-0.25, -0.2) is 4.98 Å². The molecule has 0 amide bonds. The van der Waals surface area contributed by atoms with Crippen molar-refractivity contribution in [2.45, 2.75) is 27.0 Å². The van der Waals surface area contributed by atoms with E-state index in [0.717, 1.165) is 29.2 Å². The Morgan fingerprint density at radius 2 is 1.92 bits per heavy atom. The first-order chi connectivity index (χ1) is 11.7. The fourth-order valence-electron chi connectivity index (χ4n) is 2.60. The molecule has 0 radical (unpaired) electrons. The van der Waals surface area contributed by atoms with Gasteiger partial charge >= 0.3 is 0 Å². The Kier molecular flexibility index (Phi) is 5.38. The number of hydrogen-bond acceptors (Lipinski definition) is 3. The molecule has 24 heavy (non-hydrogen) atoms. The summed E-state index contributed by atoms with van der Waals surface area (Å²) in [5.41, 5.74) is 3.13. The Labute approximate surface area is 147 Å². The standard InChI is InChI=1S/C19H21ClN2O2/c1-3-23-11-10-22-18-9-6-15(20)12-17(18)21-19(22)13-24-16-7-4-14(2)5-8-16/h4-9,12H,3,10-11,13H2,1-2H3. The zero-order chi connectivity index (χ0) is 16.9. The highest BCUT2D eigenvalue weighted by Gasteiger charge is 2.12. The summed E-state index contributed by atoms with van der Waals surface area (Å²) in [5.74, 6) is 1.70. The molecule has 0 fully saturated rings. The van der Waals surface area contributed by atoms with Crippen LogP contribution < -0.4 is 4.74 Å². The monoisotopic (exact) mass is 344 g/mol. The molecule has 5 heteroatoms. The van der Waals surface area contributed by atoms with E-state index in [9.17, 15) is 0 Å². The van der Waals surface area contributed by atoms with Crippen LogP contribution in [0.4, 0.5) is 0 Å². The minimum atomic E-state index is 0.404. The van der Waals surface area contributed by atoms with Gasteiger partial charge in [0, 0.05) is 18.2 Å². The van der Waals surface area contributed by atoms with Crippen molar-refractivity contribution >= 4 is 22.6 Å². The number of rotatable bonds is 7. The average molecular weight is 345 g/mol. The lowest BCUT2D eigenvalue weighted by atomic mass is 10.2. The summed E-state index contributed by atoms with van der Waals surface area (Å²) in [6.07, 6.45) is 0. The van der Waals surface area contributed by atoms with E-state index in [1.165, 1.54) is 5.56 Å². The van der Waals surface area contributed by atoms with Crippen LogP contribution in [0, 0.1) is 6.92 Å². The lowest BCUT2D eigenvalue weighted by Gasteiger charge is -2.10. The molecule has 0 bridgehead atoms. The van der Waals surface area contributed by atoms with Crippen molar-refractivity contribution in [2.75, 3.05) is 13.2 Å². The summed E-state index contributed by atoms with van der Waals surface area (Å²) in [4.78, 5) is 4.68. The van der Waals surface area contributed by atoms with Gasteiger partial charge in [-0.15, -0.1) is 0 Å². The molecule has 1 aromatic heterocycles. The fraction of sp³-hybridized carbons (Fsp3) is 0.316. The molecule has 2 aromatic carbocycles. The van der Waals surface area contributed by atoms with Crippen LogP contribution in [0.2, 0.25) is 5.02 Å². The summed E-state index contributed by atoms with van der Waals surface area (Å²) >= 11 is 6.09. The molecule has 126 valence electrons. The van der Waals surface area contributed by atoms with Crippen molar-refractivity contribution in [3.63, 3.8) is 0 Å². The van der Waals surface area contributed by atoms with E-state index in [1.807, 2.05) is 49.4 Å². The van der Waals surface area contributed by atoms with Crippen molar-refractivity contribution in [1.82, 2.24) is 9.55 Å². The number of benzene rings is 2. The Morgan fingerprint density at radius 3 is 2.67 bits per heavy atom. The summed E-state index contributed by atoms with van der Waals surface area (Å²) in [6.45, 7) is 6.53. The third-order valence-electron chi connectivity index (χ3n) is 3.84. The summed E-state index contributed by atoms with van der Waals surface area (Å²) in [7, 11) is 0. The number of aromatic nitrogens is 2. The minimum absolute atomic E-state index is 0.404. The predicted molar refractivity (Wildman–Crippen MR) is 96.7 cm³/mol. The van der Waals surface area contributed by atoms with Crippen molar-refractivity contribution < 1.29 is 9.47 Å². The number of imidazole rings is 1. The number of ether oxygens (including phenoxy) is 2. The van der Waals surface area contributed by atoms with Crippen LogP contribution in [0.5, 0.6) is 5.75 Å². The minimum Gasteiger partial charge on any atom is -0.486 e. The molecule has 0 spiro atoms. The van der Waals surface area contributed by atoms with Crippen LogP contribution >= 0.6 is 11.6 Å². The number of aryl methyl sites for hydroxylation is 1. The van der Waals surface area contributed by atoms with Gasteiger partial charge < -0.3 is 14.0 Å². The van der Waals surface area contributed by atoms with Crippen LogP contribution in [-0.4, -0.2) is 22.8 Å². The molecule has 0 atom stereocenters. The molecule has 0 saturated carbocycles. The van der Waals surface area contributed by atoms with Crippen molar-refractivity contribution in [1.29, 1.82) is 0 Å². The van der Waals surface area contributed by atoms with Gasteiger partial charge in [0.2, 0.25) is 0 Å². The largest absolute Gasteiger partial charge is 0.486 e. The van der Waals surface area contributed by atoms with Gasteiger partial charge in [0.25, 0.3) is 0 Å². The number of hydrogen-bond donors (Lipinski definition) is 0. The van der Waals surface area contributed by atoms with Crippen molar-refractivity contribution in [3.05, 3.63) is 58.9 Å². The first-order valence-corrected chi connectivity index (χ1v) is 8.47. The van der Waals surface area contributed by atoms with E-state index in [-0.39, 0.29) is 0 Å². The van der Waals surface area contributed by atoms with Crippen LogP contribution in [0.3, 0.4) is 0 Å². The molecule has 3 aromatic rings. The number of nitrogens with zero attached hydrogens (tertiary/aromatic N) is 2. The smallest absolute Gasteiger partial charge is 0.148 e. The molecular formula is C19H21ClN2O2. The molecular weight excluding hydrogens is 324 g/mol.